The standard InChI is InChI=1S/C18H25N3O5S/c1-26-12-11-20-14-15(13-17(20)22)18(23)19-7-9-21(10-8-19)27(24,25)16-5-3-2-4-6-16/h2-6,15H,7-14H2,1H3/t15-/m0/s1. The maximum absolute atomic E-state index is 12.7. The highest BCUT2D eigenvalue weighted by Gasteiger charge is 2.38. The van der Waals surface area contributed by atoms with Crippen molar-refractivity contribution in [3.63, 3.8) is 0 Å². The van der Waals surface area contributed by atoms with Crippen molar-refractivity contribution in [2.24, 2.45) is 5.92 Å². The molecule has 2 amide bonds. The van der Waals surface area contributed by atoms with E-state index in [0.717, 1.165) is 0 Å². The summed E-state index contributed by atoms with van der Waals surface area (Å²) in [6.45, 7) is 2.55. The van der Waals surface area contributed by atoms with Gasteiger partial charge in [0, 0.05) is 52.8 Å². The number of nitrogens with zero attached hydrogens (tertiary/aromatic N) is 3. The third kappa shape index (κ3) is 4.31. The van der Waals surface area contributed by atoms with E-state index in [-0.39, 0.29) is 42.1 Å². The Morgan fingerprint density at radius 3 is 2.44 bits per heavy atom. The van der Waals surface area contributed by atoms with Crippen molar-refractivity contribution in [2.75, 3.05) is 53.0 Å². The zero-order valence-corrected chi connectivity index (χ0v) is 16.2. The fourth-order valence-corrected chi connectivity index (χ4v) is 4.95. The predicted octanol–water partition coefficient (Wildman–Crippen LogP) is 0.0144. The summed E-state index contributed by atoms with van der Waals surface area (Å²) in [5.41, 5.74) is 0. The Labute approximate surface area is 159 Å². The van der Waals surface area contributed by atoms with E-state index in [9.17, 15) is 18.0 Å². The average molecular weight is 395 g/mol. The number of sulfonamides is 1. The number of ether oxygens (including phenoxy) is 1. The van der Waals surface area contributed by atoms with E-state index in [1.165, 1.54) is 4.31 Å². The van der Waals surface area contributed by atoms with Crippen LogP contribution in [0.15, 0.2) is 35.2 Å². The monoisotopic (exact) mass is 395 g/mol. The van der Waals surface area contributed by atoms with Crippen LogP contribution < -0.4 is 0 Å². The molecule has 2 saturated heterocycles. The van der Waals surface area contributed by atoms with Crippen LogP contribution in [0.5, 0.6) is 0 Å². The Kier molecular flexibility index (Phi) is 6.13. The zero-order valence-electron chi connectivity index (χ0n) is 15.4. The molecular formula is C18H25N3O5S. The summed E-state index contributed by atoms with van der Waals surface area (Å²) in [4.78, 5) is 28.4. The van der Waals surface area contributed by atoms with Gasteiger partial charge in [-0.05, 0) is 12.1 Å². The largest absolute Gasteiger partial charge is 0.383 e. The molecule has 0 N–H and O–H groups in total. The average Bonchev–Trinajstić information content (AvgIpc) is 3.07. The normalized spacial score (nSPS) is 21.7. The Morgan fingerprint density at radius 1 is 1.15 bits per heavy atom. The van der Waals surface area contributed by atoms with Gasteiger partial charge in [-0.2, -0.15) is 4.31 Å². The number of amides is 2. The van der Waals surface area contributed by atoms with Gasteiger partial charge in [-0.3, -0.25) is 9.59 Å². The first-order valence-electron chi connectivity index (χ1n) is 9.04. The molecule has 2 aliphatic rings. The van der Waals surface area contributed by atoms with Crippen LogP contribution in [0.25, 0.3) is 0 Å². The number of likely N-dealkylation sites (tertiary alicyclic amines) is 1. The first kappa shape index (κ1) is 19.8. The molecule has 148 valence electrons. The molecule has 0 aromatic heterocycles. The molecule has 9 heteroatoms. The lowest BCUT2D eigenvalue weighted by molar-refractivity contribution is -0.137. The topological polar surface area (TPSA) is 87.2 Å². The lowest BCUT2D eigenvalue weighted by Gasteiger charge is -2.35. The number of rotatable bonds is 6. The molecule has 0 bridgehead atoms. The van der Waals surface area contributed by atoms with E-state index in [4.69, 9.17) is 4.74 Å². The number of carbonyl (C=O) groups is 2. The minimum absolute atomic E-state index is 0.0318. The van der Waals surface area contributed by atoms with E-state index in [1.54, 1.807) is 47.2 Å². The van der Waals surface area contributed by atoms with Crippen LogP contribution in [-0.2, 0) is 24.3 Å². The third-order valence-corrected chi connectivity index (χ3v) is 6.97. The van der Waals surface area contributed by atoms with Crippen LogP contribution in [0, 0.1) is 5.92 Å². The molecule has 2 heterocycles. The Balaban J connectivity index is 1.56. The summed E-state index contributed by atoms with van der Waals surface area (Å²) in [5, 5.41) is 0. The van der Waals surface area contributed by atoms with Crippen molar-refractivity contribution in [2.45, 2.75) is 11.3 Å². The molecule has 1 atom stereocenters. The van der Waals surface area contributed by atoms with Crippen LogP contribution in [0.1, 0.15) is 6.42 Å². The molecule has 1 aromatic rings. The van der Waals surface area contributed by atoms with Crippen LogP contribution in [0.4, 0.5) is 0 Å². The van der Waals surface area contributed by atoms with Gasteiger partial charge in [0.2, 0.25) is 21.8 Å². The second-order valence-electron chi connectivity index (χ2n) is 6.78. The Hall–Kier alpha value is -1.97. The minimum atomic E-state index is -3.54. The van der Waals surface area contributed by atoms with Crippen LogP contribution in [-0.4, -0.2) is 87.3 Å². The van der Waals surface area contributed by atoms with E-state index in [2.05, 4.69) is 0 Å². The SMILES string of the molecule is COCCN1C[C@@H](C(=O)N2CCN(S(=O)(=O)c3ccccc3)CC2)CC1=O. The first-order chi connectivity index (χ1) is 12.9. The summed E-state index contributed by atoms with van der Waals surface area (Å²) in [6, 6.07) is 8.31. The summed E-state index contributed by atoms with van der Waals surface area (Å²) >= 11 is 0. The lowest BCUT2D eigenvalue weighted by Crippen LogP contribution is -2.52. The Morgan fingerprint density at radius 2 is 1.81 bits per heavy atom. The van der Waals surface area contributed by atoms with Gasteiger partial charge in [-0.15, -0.1) is 0 Å². The number of hydrogen-bond donors (Lipinski definition) is 0. The fourth-order valence-electron chi connectivity index (χ4n) is 3.50. The number of piperazine rings is 1. The molecule has 2 aliphatic heterocycles. The molecule has 0 spiro atoms. The second kappa shape index (κ2) is 8.37. The molecule has 27 heavy (non-hydrogen) atoms. The van der Waals surface area contributed by atoms with Gasteiger partial charge in [0.25, 0.3) is 0 Å². The molecule has 1 aromatic carbocycles. The van der Waals surface area contributed by atoms with E-state index >= 15 is 0 Å². The molecule has 3 rings (SSSR count). The van der Waals surface area contributed by atoms with Gasteiger partial charge in [0.15, 0.2) is 0 Å². The molecule has 0 radical (unpaired) electrons. The minimum Gasteiger partial charge on any atom is -0.383 e. The summed E-state index contributed by atoms with van der Waals surface area (Å²) in [7, 11) is -1.96. The fraction of sp³-hybridized carbons (Fsp3) is 0.556. The van der Waals surface area contributed by atoms with Crippen molar-refractivity contribution in [1.82, 2.24) is 14.1 Å². The molecule has 0 unspecified atom stereocenters. The first-order valence-corrected chi connectivity index (χ1v) is 10.5. The van der Waals surface area contributed by atoms with Gasteiger partial charge in [0.1, 0.15) is 0 Å². The smallest absolute Gasteiger partial charge is 0.243 e. The third-order valence-electron chi connectivity index (χ3n) is 5.06. The molecule has 2 fully saturated rings. The summed E-state index contributed by atoms with van der Waals surface area (Å²) < 4.78 is 31.7. The van der Waals surface area contributed by atoms with Crippen molar-refractivity contribution in [1.29, 1.82) is 0 Å². The van der Waals surface area contributed by atoms with Crippen molar-refractivity contribution in [3.8, 4) is 0 Å². The number of carbonyl (C=O) groups excluding carboxylic acids is 2. The number of benzene rings is 1. The van der Waals surface area contributed by atoms with Gasteiger partial charge < -0.3 is 14.5 Å². The van der Waals surface area contributed by atoms with Crippen LogP contribution >= 0.6 is 0 Å². The molecular weight excluding hydrogens is 370 g/mol. The lowest BCUT2D eigenvalue weighted by atomic mass is 10.1. The van der Waals surface area contributed by atoms with Crippen LogP contribution in [0.2, 0.25) is 0 Å². The molecule has 0 aliphatic carbocycles. The quantitative estimate of drug-likeness (QED) is 0.677. The maximum Gasteiger partial charge on any atom is 0.243 e. The molecule has 8 nitrogen and oxygen atoms in total. The predicted molar refractivity (Wildman–Crippen MR) is 98.3 cm³/mol. The molecule has 0 saturated carbocycles. The second-order valence-corrected chi connectivity index (χ2v) is 8.71. The Bertz CT molecular complexity index is 775. The van der Waals surface area contributed by atoms with Gasteiger partial charge in [-0.25, -0.2) is 8.42 Å². The highest BCUT2D eigenvalue weighted by molar-refractivity contribution is 7.89. The van der Waals surface area contributed by atoms with Gasteiger partial charge in [0.05, 0.1) is 17.4 Å². The van der Waals surface area contributed by atoms with Crippen LogP contribution in [0.3, 0.4) is 0 Å². The van der Waals surface area contributed by atoms with Crippen molar-refractivity contribution < 1.29 is 22.7 Å². The van der Waals surface area contributed by atoms with E-state index in [1.807, 2.05) is 0 Å². The van der Waals surface area contributed by atoms with Crippen molar-refractivity contribution >= 4 is 21.8 Å². The number of hydrogen-bond acceptors (Lipinski definition) is 5. The summed E-state index contributed by atoms with van der Waals surface area (Å²) in [5.74, 6) is -0.456. The zero-order chi connectivity index (χ0) is 19.4. The highest BCUT2D eigenvalue weighted by Crippen LogP contribution is 2.22. The maximum atomic E-state index is 12.7. The van der Waals surface area contributed by atoms with Crippen molar-refractivity contribution in [3.05, 3.63) is 30.3 Å². The van der Waals surface area contributed by atoms with Gasteiger partial charge in [-0.1, -0.05) is 18.2 Å². The van der Waals surface area contributed by atoms with Gasteiger partial charge >= 0.3 is 0 Å². The van der Waals surface area contributed by atoms with E-state index in [0.29, 0.717) is 32.8 Å². The highest BCUT2D eigenvalue weighted by atomic mass is 32.2. The number of methoxy groups -OCH3 is 1. The summed E-state index contributed by atoms with van der Waals surface area (Å²) in [6.07, 6.45) is 0.213. The van der Waals surface area contributed by atoms with E-state index < -0.39 is 10.0 Å².